The van der Waals surface area contributed by atoms with Gasteiger partial charge in [0.1, 0.15) is 0 Å². The Hall–Kier alpha value is -1.54. The molecule has 29 heavy (non-hydrogen) atoms. The van der Waals surface area contributed by atoms with Gasteiger partial charge in [0.25, 0.3) is 0 Å². The van der Waals surface area contributed by atoms with Gasteiger partial charge in [-0.15, -0.1) is 11.8 Å². The molecule has 1 atom stereocenters. The molecule has 1 N–H and O–H groups in total. The summed E-state index contributed by atoms with van der Waals surface area (Å²) in [6.45, 7) is 6.39. The molecule has 0 fully saturated rings. The second-order valence-electron chi connectivity index (χ2n) is 6.50. The van der Waals surface area contributed by atoms with Gasteiger partial charge in [0, 0.05) is 35.2 Å². The van der Waals surface area contributed by atoms with Crippen LogP contribution in [0.25, 0.3) is 0 Å². The molecule has 2 rings (SSSR count). The van der Waals surface area contributed by atoms with Crippen molar-refractivity contribution in [2.45, 2.75) is 43.0 Å². The number of hydrogen-bond donors (Lipinski definition) is 1. The van der Waals surface area contributed by atoms with E-state index in [1.54, 1.807) is 36.0 Å². The molecule has 5 nitrogen and oxygen atoms in total. The summed E-state index contributed by atoms with van der Waals surface area (Å²) < 4.78 is 26.5. The molecule has 0 saturated heterocycles. The summed E-state index contributed by atoms with van der Waals surface area (Å²) in [7, 11) is -3.47. The van der Waals surface area contributed by atoms with Gasteiger partial charge in [-0.2, -0.15) is 4.31 Å². The summed E-state index contributed by atoms with van der Waals surface area (Å²) >= 11 is 7.47. The Kier molecular flexibility index (Phi) is 9.02. The number of carbonyl (C=O) groups excluding carboxylic acids is 1. The Morgan fingerprint density at radius 3 is 2.21 bits per heavy atom. The van der Waals surface area contributed by atoms with Crippen LogP contribution in [-0.2, 0) is 14.8 Å². The largest absolute Gasteiger partial charge is 0.350 e. The minimum atomic E-state index is -3.47. The molecular weight excluding hydrogens is 428 g/mol. The first-order chi connectivity index (χ1) is 13.8. The lowest BCUT2D eigenvalue weighted by molar-refractivity contribution is -0.121. The number of amides is 1. The van der Waals surface area contributed by atoms with E-state index in [-0.39, 0.29) is 16.8 Å². The first-order valence-electron chi connectivity index (χ1n) is 9.55. The van der Waals surface area contributed by atoms with Gasteiger partial charge in [-0.3, -0.25) is 4.79 Å². The lowest BCUT2D eigenvalue weighted by atomic mass is 10.1. The molecule has 8 heteroatoms. The Balaban J connectivity index is 1.89. The van der Waals surface area contributed by atoms with Crippen LogP contribution in [0.3, 0.4) is 0 Å². The fraction of sp³-hybridized carbons (Fsp3) is 0.381. The van der Waals surface area contributed by atoms with Crippen molar-refractivity contribution in [2.75, 3.05) is 18.8 Å². The third kappa shape index (κ3) is 6.74. The Bertz CT molecular complexity index is 897. The lowest BCUT2D eigenvalue weighted by Gasteiger charge is -2.19. The fourth-order valence-electron chi connectivity index (χ4n) is 2.83. The molecule has 0 saturated carbocycles. The van der Waals surface area contributed by atoms with Crippen molar-refractivity contribution < 1.29 is 13.2 Å². The summed E-state index contributed by atoms with van der Waals surface area (Å²) in [5.74, 6) is 0.625. The minimum Gasteiger partial charge on any atom is -0.350 e. The molecule has 0 heterocycles. The van der Waals surface area contributed by atoms with E-state index in [2.05, 4.69) is 5.32 Å². The molecule has 1 amide bonds. The number of hydrogen-bond acceptors (Lipinski definition) is 4. The Morgan fingerprint density at radius 2 is 1.66 bits per heavy atom. The molecule has 0 aromatic heterocycles. The Morgan fingerprint density at radius 1 is 1.07 bits per heavy atom. The highest BCUT2D eigenvalue weighted by molar-refractivity contribution is 7.99. The first-order valence-corrected chi connectivity index (χ1v) is 12.4. The average molecular weight is 455 g/mol. The molecule has 0 spiro atoms. The van der Waals surface area contributed by atoms with Crippen LogP contribution < -0.4 is 5.32 Å². The van der Waals surface area contributed by atoms with Gasteiger partial charge in [0.05, 0.1) is 10.9 Å². The van der Waals surface area contributed by atoms with Gasteiger partial charge in [0.2, 0.25) is 15.9 Å². The number of thioether (sulfide) groups is 1. The molecule has 158 valence electrons. The number of halogens is 1. The number of rotatable bonds is 10. The maximum atomic E-state index is 12.6. The van der Waals surface area contributed by atoms with Gasteiger partial charge in [0.15, 0.2) is 0 Å². The lowest BCUT2D eigenvalue weighted by Crippen LogP contribution is -2.30. The van der Waals surface area contributed by atoms with Crippen molar-refractivity contribution in [2.24, 2.45) is 0 Å². The predicted octanol–water partition coefficient (Wildman–Crippen LogP) is 4.73. The van der Waals surface area contributed by atoms with E-state index in [1.165, 1.54) is 4.31 Å². The van der Waals surface area contributed by atoms with Gasteiger partial charge in [-0.05, 0) is 48.9 Å². The van der Waals surface area contributed by atoms with Crippen LogP contribution in [-0.4, -0.2) is 37.5 Å². The highest BCUT2D eigenvalue weighted by Crippen LogP contribution is 2.22. The summed E-state index contributed by atoms with van der Waals surface area (Å²) in [5.41, 5.74) is 0.863. The molecule has 0 aliphatic rings. The second-order valence-corrected chi connectivity index (χ2v) is 10.0. The zero-order valence-electron chi connectivity index (χ0n) is 16.9. The van der Waals surface area contributed by atoms with Crippen molar-refractivity contribution >= 4 is 39.3 Å². The van der Waals surface area contributed by atoms with Crippen LogP contribution in [0.4, 0.5) is 0 Å². The van der Waals surface area contributed by atoms with E-state index >= 15 is 0 Å². The second kappa shape index (κ2) is 11.0. The SMILES string of the molecule is CCN(CC)S(=O)(=O)c1ccc(C(C)NC(=O)CCSc2ccc(Cl)cc2)cc1. The fourth-order valence-corrected chi connectivity index (χ4v) is 5.27. The molecular formula is C21H27ClN2O3S2. The van der Waals surface area contributed by atoms with Crippen LogP contribution >= 0.6 is 23.4 Å². The van der Waals surface area contributed by atoms with Crippen molar-refractivity contribution in [3.8, 4) is 0 Å². The van der Waals surface area contributed by atoms with Crippen molar-refractivity contribution in [1.82, 2.24) is 9.62 Å². The van der Waals surface area contributed by atoms with Gasteiger partial charge < -0.3 is 5.32 Å². The first kappa shape index (κ1) is 23.7. The molecule has 0 aliphatic heterocycles. The quantitative estimate of drug-likeness (QED) is 0.527. The van der Waals surface area contributed by atoms with Crippen LogP contribution in [0, 0.1) is 0 Å². The highest BCUT2D eigenvalue weighted by atomic mass is 35.5. The van der Waals surface area contributed by atoms with Gasteiger partial charge >= 0.3 is 0 Å². The summed E-state index contributed by atoms with van der Waals surface area (Å²) in [5, 5.41) is 3.65. The number of sulfonamides is 1. The summed E-state index contributed by atoms with van der Waals surface area (Å²) in [6, 6.07) is 14.0. The molecule has 1 unspecified atom stereocenters. The van der Waals surface area contributed by atoms with E-state index in [1.807, 2.05) is 45.0 Å². The number of nitrogens with one attached hydrogen (secondary N) is 1. The maximum absolute atomic E-state index is 12.6. The number of benzene rings is 2. The van der Waals surface area contributed by atoms with Crippen molar-refractivity contribution in [3.63, 3.8) is 0 Å². The minimum absolute atomic E-state index is 0.0428. The maximum Gasteiger partial charge on any atom is 0.243 e. The monoisotopic (exact) mass is 454 g/mol. The third-order valence-corrected chi connectivity index (χ3v) is 7.84. The highest BCUT2D eigenvalue weighted by Gasteiger charge is 2.21. The molecule has 0 aliphatic carbocycles. The molecule has 0 bridgehead atoms. The summed E-state index contributed by atoms with van der Waals surface area (Å²) in [4.78, 5) is 13.6. The summed E-state index contributed by atoms with van der Waals surface area (Å²) in [6.07, 6.45) is 0.395. The zero-order valence-corrected chi connectivity index (χ0v) is 19.3. The molecule has 0 radical (unpaired) electrons. The number of nitrogens with zero attached hydrogens (tertiary/aromatic N) is 1. The van der Waals surface area contributed by atoms with Crippen LogP contribution in [0.1, 0.15) is 38.8 Å². The predicted molar refractivity (Wildman–Crippen MR) is 120 cm³/mol. The van der Waals surface area contributed by atoms with Gasteiger partial charge in [-0.1, -0.05) is 37.6 Å². The van der Waals surface area contributed by atoms with E-state index in [4.69, 9.17) is 11.6 Å². The third-order valence-electron chi connectivity index (χ3n) is 4.51. The van der Waals surface area contributed by atoms with E-state index in [0.717, 1.165) is 10.5 Å². The smallest absolute Gasteiger partial charge is 0.243 e. The van der Waals surface area contributed by atoms with E-state index < -0.39 is 10.0 Å². The van der Waals surface area contributed by atoms with Crippen LogP contribution in [0.2, 0.25) is 5.02 Å². The topological polar surface area (TPSA) is 66.5 Å². The van der Waals surface area contributed by atoms with Crippen LogP contribution in [0.15, 0.2) is 58.3 Å². The normalized spacial score (nSPS) is 12.7. The molecule has 2 aromatic carbocycles. The standard InChI is InChI=1S/C21H27ClN2O3S2/c1-4-24(5-2)29(26,27)20-12-6-17(7-13-20)16(3)23-21(25)14-15-28-19-10-8-18(22)9-11-19/h6-13,16H,4-5,14-15H2,1-3H3,(H,23,25). The van der Waals surface area contributed by atoms with Crippen LogP contribution in [0.5, 0.6) is 0 Å². The Labute approximate surface area is 182 Å². The van der Waals surface area contributed by atoms with Gasteiger partial charge in [-0.25, -0.2) is 8.42 Å². The zero-order chi connectivity index (χ0) is 21.4. The average Bonchev–Trinajstić information content (AvgIpc) is 2.70. The van der Waals surface area contributed by atoms with E-state index in [9.17, 15) is 13.2 Å². The molecule has 2 aromatic rings. The van der Waals surface area contributed by atoms with Crippen molar-refractivity contribution in [3.05, 3.63) is 59.1 Å². The number of carbonyl (C=O) groups is 1. The van der Waals surface area contributed by atoms with Crippen molar-refractivity contribution in [1.29, 1.82) is 0 Å². The van der Waals surface area contributed by atoms with E-state index in [0.29, 0.717) is 30.3 Å².